The standard InChI is InChI=1S/C24H28N2O6S2/c1-23(2)14-16-12-17(10-11-18(16)31-23)29-21(27)25(5)33-34-26(6)22(28)30-19-9-7-8-15-13-24(3,4)32-20(15)19/h7-12H,13-14H2,1-6H3. The van der Waals surface area contributed by atoms with Gasteiger partial charge in [0.25, 0.3) is 0 Å². The summed E-state index contributed by atoms with van der Waals surface area (Å²) in [6, 6.07) is 10.8. The van der Waals surface area contributed by atoms with Crippen molar-refractivity contribution in [3.63, 3.8) is 0 Å². The van der Waals surface area contributed by atoms with Gasteiger partial charge in [0.05, 0.1) is 0 Å². The van der Waals surface area contributed by atoms with Gasteiger partial charge < -0.3 is 18.9 Å². The number of carbonyl (C=O) groups excluding carboxylic acids is 2. The van der Waals surface area contributed by atoms with Gasteiger partial charge in [-0.15, -0.1) is 0 Å². The lowest BCUT2D eigenvalue weighted by Gasteiger charge is -2.20. The second-order valence-electron chi connectivity index (χ2n) is 9.47. The zero-order valence-electron chi connectivity index (χ0n) is 20.0. The maximum Gasteiger partial charge on any atom is 0.425 e. The van der Waals surface area contributed by atoms with Crippen LogP contribution in [0.25, 0.3) is 0 Å². The van der Waals surface area contributed by atoms with Crippen molar-refractivity contribution >= 4 is 34.1 Å². The van der Waals surface area contributed by atoms with E-state index in [0.29, 0.717) is 17.2 Å². The Morgan fingerprint density at radius 1 is 0.853 bits per heavy atom. The third-order valence-corrected chi connectivity index (χ3v) is 7.62. The van der Waals surface area contributed by atoms with E-state index in [0.717, 1.165) is 51.7 Å². The lowest BCUT2D eigenvalue weighted by atomic mass is 10.0. The van der Waals surface area contributed by atoms with Crippen LogP contribution < -0.4 is 18.9 Å². The molecular weight excluding hydrogens is 476 g/mol. The largest absolute Gasteiger partial charge is 0.487 e. The number of rotatable bonds is 5. The monoisotopic (exact) mass is 504 g/mol. The maximum absolute atomic E-state index is 12.6. The Labute approximate surface area is 207 Å². The lowest BCUT2D eigenvalue weighted by molar-refractivity contribution is 0.132. The van der Waals surface area contributed by atoms with E-state index in [4.69, 9.17) is 18.9 Å². The van der Waals surface area contributed by atoms with Crippen LogP contribution in [0.4, 0.5) is 9.59 Å². The van der Waals surface area contributed by atoms with Crippen molar-refractivity contribution in [3.8, 4) is 23.0 Å². The Balaban J connectivity index is 1.28. The van der Waals surface area contributed by atoms with Crippen molar-refractivity contribution in [2.75, 3.05) is 14.1 Å². The molecule has 0 aliphatic carbocycles. The first-order chi connectivity index (χ1) is 15.9. The third kappa shape index (κ3) is 5.50. The summed E-state index contributed by atoms with van der Waals surface area (Å²) in [5.74, 6) is 2.22. The number of amides is 2. The van der Waals surface area contributed by atoms with Crippen LogP contribution in [0.15, 0.2) is 36.4 Å². The molecule has 2 aromatic carbocycles. The second-order valence-corrected chi connectivity index (χ2v) is 11.8. The first-order valence-corrected chi connectivity index (χ1v) is 12.9. The molecule has 0 fully saturated rings. The van der Waals surface area contributed by atoms with E-state index in [9.17, 15) is 9.59 Å². The summed E-state index contributed by atoms with van der Waals surface area (Å²) >= 11 is 0. The van der Waals surface area contributed by atoms with Crippen molar-refractivity contribution in [1.82, 2.24) is 8.61 Å². The summed E-state index contributed by atoms with van der Waals surface area (Å²) in [5, 5.41) is 0. The van der Waals surface area contributed by atoms with E-state index in [-0.39, 0.29) is 11.2 Å². The zero-order chi connectivity index (χ0) is 24.7. The molecule has 0 unspecified atom stereocenters. The van der Waals surface area contributed by atoms with Crippen molar-refractivity contribution in [3.05, 3.63) is 47.5 Å². The Bertz CT molecular complexity index is 1120. The lowest BCUT2D eigenvalue weighted by Crippen LogP contribution is -2.27. The van der Waals surface area contributed by atoms with Crippen molar-refractivity contribution in [2.24, 2.45) is 0 Å². The van der Waals surface area contributed by atoms with Gasteiger partial charge in [-0.25, -0.2) is 18.2 Å². The normalized spacial score (nSPS) is 16.5. The molecule has 0 atom stereocenters. The molecule has 0 bridgehead atoms. The molecule has 182 valence electrons. The van der Waals surface area contributed by atoms with E-state index >= 15 is 0 Å². The number of fused-ring (bicyclic) bond motifs is 2. The highest BCUT2D eigenvalue weighted by Gasteiger charge is 2.33. The summed E-state index contributed by atoms with van der Waals surface area (Å²) in [7, 11) is 5.22. The minimum atomic E-state index is -0.581. The van der Waals surface area contributed by atoms with Crippen LogP contribution in [-0.4, -0.2) is 46.1 Å². The van der Waals surface area contributed by atoms with Gasteiger partial charge in [-0.2, -0.15) is 0 Å². The molecule has 2 amide bonds. The summed E-state index contributed by atoms with van der Waals surface area (Å²) < 4.78 is 25.4. The topological polar surface area (TPSA) is 77.5 Å². The van der Waals surface area contributed by atoms with Crippen molar-refractivity contribution in [1.29, 1.82) is 0 Å². The zero-order valence-corrected chi connectivity index (χ0v) is 21.7. The van der Waals surface area contributed by atoms with Crippen molar-refractivity contribution in [2.45, 2.75) is 51.7 Å². The van der Waals surface area contributed by atoms with Gasteiger partial charge in [0.15, 0.2) is 11.5 Å². The van der Waals surface area contributed by atoms with E-state index < -0.39 is 12.2 Å². The smallest absolute Gasteiger partial charge is 0.425 e. The van der Waals surface area contributed by atoms with Crippen molar-refractivity contribution < 1.29 is 28.5 Å². The molecule has 0 saturated heterocycles. The van der Waals surface area contributed by atoms with Crippen LogP contribution >= 0.6 is 22.0 Å². The Morgan fingerprint density at radius 2 is 1.47 bits per heavy atom. The molecule has 34 heavy (non-hydrogen) atoms. The van der Waals surface area contributed by atoms with Gasteiger partial charge in [-0.05, 0) is 52.0 Å². The molecule has 0 spiro atoms. The molecule has 0 radical (unpaired) electrons. The van der Waals surface area contributed by atoms with Gasteiger partial charge in [0.2, 0.25) is 0 Å². The number of carbonyl (C=O) groups is 2. The van der Waals surface area contributed by atoms with Crippen LogP contribution in [-0.2, 0) is 12.8 Å². The average molecular weight is 505 g/mol. The number of benzene rings is 2. The fraction of sp³-hybridized carbons (Fsp3) is 0.417. The number of hydrogen-bond acceptors (Lipinski definition) is 8. The molecule has 4 rings (SSSR count). The predicted octanol–water partition coefficient (Wildman–Crippen LogP) is 5.89. The minimum Gasteiger partial charge on any atom is -0.487 e. The third-order valence-electron chi connectivity index (χ3n) is 5.26. The summed E-state index contributed by atoms with van der Waals surface area (Å²) in [6.45, 7) is 8.01. The van der Waals surface area contributed by atoms with Gasteiger partial charge in [-0.3, -0.25) is 0 Å². The highest BCUT2D eigenvalue weighted by molar-refractivity contribution is 8.75. The molecule has 10 heteroatoms. The first kappa shape index (κ1) is 24.4. The van der Waals surface area contributed by atoms with Gasteiger partial charge in [-0.1, -0.05) is 12.1 Å². The molecular formula is C24H28N2O6S2. The average Bonchev–Trinajstić information content (AvgIpc) is 3.24. The summed E-state index contributed by atoms with van der Waals surface area (Å²) in [5.41, 5.74) is 1.40. The molecule has 2 aliphatic heterocycles. The van der Waals surface area contributed by atoms with E-state index in [2.05, 4.69) is 0 Å². The second kappa shape index (κ2) is 9.14. The van der Waals surface area contributed by atoms with Gasteiger partial charge in [0, 0.05) is 60.0 Å². The number of para-hydroxylation sites is 1. The molecule has 8 nitrogen and oxygen atoms in total. The molecule has 2 aliphatic rings. The number of nitrogens with zero attached hydrogens (tertiary/aromatic N) is 2. The SMILES string of the molecule is CN(SSN(C)C(=O)Oc1cccc2c1OC(C)(C)C2)C(=O)Oc1ccc2c(c1)CC(C)(C)O2. The van der Waals surface area contributed by atoms with Crippen LogP contribution in [0, 0.1) is 0 Å². The summed E-state index contributed by atoms with van der Waals surface area (Å²) in [6.07, 6.45) is 0.348. The van der Waals surface area contributed by atoms with Gasteiger partial charge in [0.1, 0.15) is 22.7 Å². The molecule has 2 aromatic rings. The highest BCUT2D eigenvalue weighted by Crippen LogP contribution is 2.42. The molecule has 0 aromatic heterocycles. The molecule has 0 N–H and O–H groups in total. The fourth-order valence-corrected chi connectivity index (χ4v) is 5.16. The Hall–Kier alpha value is -2.72. The van der Waals surface area contributed by atoms with Crippen LogP contribution in [0.1, 0.15) is 38.8 Å². The van der Waals surface area contributed by atoms with E-state index in [1.54, 1.807) is 26.2 Å². The fourth-order valence-electron chi connectivity index (χ4n) is 3.80. The summed E-state index contributed by atoms with van der Waals surface area (Å²) in [4.78, 5) is 25.1. The molecule has 0 saturated carbocycles. The van der Waals surface area contributed by atoms with Crippen LogP contribution in [0.5, 0.6) is 23.0 Å². The minimum absolute atomic E-state index is 0.268. The maximum atomic E-state index is 12.6. The quantitative estimate of drug-likeness (QED) is 0.369. The highest BCUT2D eigenvalue weighted by atomic mass is 33.1. The Kier molecular flexibility index (Phi) is 6.56. The van der Waals surface area contributed by atoms with Crippen LogP contribution in [0.3, 0.4) is 0 Å². The van der Waals surface area contributed by atoms with Gasteiger partial charge >= 0.3 is 12.2 Å². The van der Waals surface area contributed by atoms with Crippen LogP contribution in [0.2, 0.25) is 0 Å². The first-order valence-electron chi connectivity index (χ1n) is 10.8. The van der Waals surface area contributed by atoms with E-state index in [1.165, 1.54) is 8.61 Å². The number of hydrogen-bond donors (Lipinski definition) is 0. The molecule has 2 heterocycles. The Morgan fingerprint density at radius 3 is 2.18 bits per heavy atom. The predicted molar refractivity (Wildman–Crippen MR) is 132 cm³/mol. The number of ether oxygens (including phenoxy) is 4. The van der Waals surface area contributed by atoms with E-state index in [1.807, 2.05) is 52.0 Å².